The van der Waals surface area contributed by atoms with Crippen molar-refractivity contribution in [3.63, 3.8) is 0 Å². The van der Waals surface area contributed by atoms with Gasteiger partial charge in [-0.2, -0.15) is 0 Å². The van der Waals surface area contributed by atoms with Gasteiger partial charge in [0.15, 0.2) is 23.1 Å². The Bertz CT molecular complexity index is 810. The summed E-state index contributed by atoms with van der Waals surface area (Å²) >= 11 is 0. The number of hydrogen-bond donors (Lipinski definition) is 2. The Labute approximate surface area is 171 Å². The highest BCUT2D eigenvalue weighted by Crippen LogP contribution is 2.34. The van der Waals surface area contributed by atoms with Crippen molar-refractivity contribution in [2.45, 2.75) is 26.2 Å². The highest BCUT2D eigenvalue weighted by molar-refractivity contribution is 5.90. The van der Waals surface area contributed by atoms with Crippen LogP contribution in [0.5, 0.6) is 17.2 Å². The summed E-state index contributed by atoms with van der Waals surface area (Å²) in [6.45, 7) is 3.93. The van der Waals surface area contributed by atoms with E-state index in [1.807, 2.05) is 19.1 Å². The van der Waals surface area contributed by atoms with Crippen molar-refractivity contribution in [2.24, 2.45) is 5.92 Å². The molecule has 1 heterocycles. The van der Waals surface area contributed by atoms with E-state index in [9.17, 15) is 9.18 Å². The van der Waals surface area contributed by atoms with Crippen LogP contribution in [0.25, 0.3) is 0 Å². The summed E-state index contributed by atoms with van der Waals surface area (Å²) in [4.78, 5) is 12.1. The first-order valence-electron chi connectivity index (χ1n) is 9.18. The first kappa shape index (κ1) is 22.0. The molecule has 28 heavy (non-hydrogen) atoms. The van der Waals surface area contributed by atoms with E-state index in [4.69, 9.17) is 9.47 Å². The zero-order valence-electron chi connectivity index (χ0n) is 16.1. The minimum Gasteiger partial charge on any atom is -0.493 e. The minimum absolute atomic E-state index is 0. The first-order valence-corrected chi connectivity index (χ1v) is 9.18. The van der Waals surface area contributed by atoms with E-state index in [2.05, 4.69) is 10.6 Å². The van der Waals surface area contributed by atoms with Crippen LogP contribution in [-0.4, -0.2) is 26.1 Å². The van der Waals surface area contributed by atoms with Crippen LogP contribution < -0.4 is 20.1 Å². The lowest BCUT2D eigenvalue weighted by Gasteiger charge is -2.13. The van der Waals surface area contributed by atoms with Crippen LogP contribution >= 0.6 is 12.4 Å². The predicted molar refractivity (Wildman–Crippen MR) is 110 cm³/mol. The van der Waals surface area contributed by atoms with Gasteiger partial charge in [-0.1, -0.05) is 6.07 Å². The number of rotatable bonds is 7. The summed E-state index contributed by atoms with van der Waals surface area (Å²) in [6.07, 6.45) is 2.39. The van der Waals surface area contributed by atoms with Crippen LogP contribution in [0.1, 0.15) is 24.8 Å². The maximum atomic E-state index is 14.4. The molecule has 0 aliphatic carbocycles. The fourth-order valence-corrected chi connectivity index (χ4v) is 3.16. The largest absolute Gasteiger partial charge is 0.493 e. The lowest BCUT2D eigenvalue weighted by Crippen LogP contribution is -2.15. The van der Waals surface area contributed by atoms with Crippen molar-refractivity contribution in [2.75, 3.05) is 25.5 Å². The smallest absolute Gasteiger partial charge is 0.224 e. The topological polar surface area (TPSA) is 59.6 Å². The fourth-order valence-electron chi connectivity index (χ4n) is 3.16. The molecular formula is C21H26ClFN2O3. The number of carbonyl (C=O) groups is 1. The summed E-state index contributed by atoms with van der Waals surface area (Å²) in [7, 11) is 1.54. The second-order valence-electron chi connectivity index (χ2n) is 6.85. The van der Waals surface area contributed by atoms with E-state index in [0.29, 0.717) is 29.5 Å². The Morgan fingerprint density at radius 1 is 1.21 bits per heavy atom. The Kier molecular flexibility index (Phi) is 8.08. The number of methoxy groups -OCH3 is 1. The number of ether oxygens (including phenoxy) is 2. The second kappa shape index (κ2) is 10.3. The van der Waals surface area contributed by atoms with Gasteiger partial charge in [0.2, 0.25) is 5.91 Å². The number of halogens is 2. The Hall–Kier alpha value is -2.31. The zero-order valence-corrected chi connectivity index (χ0v) is 16.9. The average molecular weight is 409 g/mol. The van der Waals surface area contributed by atoms with Gasteiger partial charge in [0, 0.05) is 18.2 Å². The molecule has 1 amide bonds. The Morgan fingerprint density at radius 2 is 2.00 bits per heavy atom. The van der Waals surface area contributed by atoms with Crippen LogP contribution in [0.3, 0.4) is 0 Å². The third-order valence-electron chi connectivity index (χ3n) is 4.70. The van der Waals surface area contributed by atoms with Crippen LogP contribution in [0.15, 0.2) is 36.4 Å². The average Bonchev–Trinajstić information content (AvgIpc) is 3.17. The van der Waals surface area contributed by atoms with Gasteiger partial charge in [0.25, 0.3) is 0 Å². The Morgan fingerprint density at radius 3 is 2.68 bits per heavy atom. The molecule has 1 saturated heterocycles. The minimum atomic E-state index is -0.546. The molecule has 0 bridgehead atoms. The molecule has 1 aliphatic rings. The van der Waals surface area contributed by atoms with Gasteiger partial charge in [-0.05, 0) is 68.6 Å². The second-order valence-corrected chi connectivity index (χ2v) is 6.85. The number of benzene rings is 2. The van der Waals surface area contributed by atoms with Crippen molar-refractivity contribution >= 4 is 24.0 Å². The van der Waals surface area contributed by atoms with E-state index >= 15 is 0 Å². The lowest BCUT2D eigenvalue weighted by atomic mass is 10.0. The summed E-state index contributed by atoms with van der Waals surface area (Å²) < 4.78 is 25.3. The summed E-state index contributed by atoms with van der Waals surface area (Å²) in [5, 5.41) is 6.03. The van der Waals surface area contributed by atoms with Gasteiger partial charge >= 0.3 is 0 Å². The zero-order chi connectivity index (χ0) is 19.2. The molecule has 0 radical (unpaired) electrons. The number of carbonyl (C=O) groups excluding carboxylic acids is 1. The van der Waals surface area contributed by atoms with Crippen molar-refractivity contribution in [3.8, 4) is 17.2 Å². The summed E-state index contributed by atoms with van der Waals surface area (Å²) in [6, 6.07) is 9.83. The van der Waals surface area contributed by atoms with E-state index in [1.54, 1.807) is 12.1 Å². The molecule has 7 heteroatoms. The highest BCUT2D eigenvalue weighted by Gasteiger charge is 2.16. The number of anilines is 1. The fraction of sp³-hybridized carbons (Fsp3) is 0.381. The number of hydrogen-bond acceptors (Lipinski definition) is 4. The summed E-state index contributed by atoms with van der Waals surface area (Å²) in [5.74, 6) is 0.947. The third-order valence-corrected chi connectivity index (χ3v) is 4.70. The molecule has 0 aromatic heterocycles. The molecule has 1 aliphatic heterocycles. The molecule has 1 unspecified atom stereocenters. The van der Waals surface area contributed by atoms with Gasteiger partial charge < -0.3 is 20.1 Å². The van der Waals surface area contributed by atoms with E-state index < -0.39 is 5.82 Å². The van der Waals surface area contributed by atoms with E-state index in [0.717, 1.165) is 31.5 Å². The van der Waals surface area contributed by atoms with Crippen molar-refractivity contribution in [3.05, 3.63) is 47.8 Å². The van der Waals surface area contributed by atoms with E-state index in [-0.39, 0.29) is 24.1 Å². The van der Waals surface area contributed by atoms with Crippen LogP contribution in [-0.2, 0) is 4.79 Å². The van der Waals surface area contributed by atoms with Gasteiger partial charge in [0.05, 0.1) is 7.11 Å². The summed E-state index contributed by atoms with van der Waals surface area (Å²) in [5.41, 5.74) is 1.44. The van der Waals surface area contributed by atoms with Crippen molar-refractivity contribution in [1.29, 1.82) is 0 Å². The van der Waals surface area contributed by atoms with Crippen molar-refractivity contribution in [1.82, 2.24) is 5.32 Å². The monoisotopic (exact) mass is 408 g/mol. The molecule has 0 saturated carbocycles. The molecule has 1 atom stereocenters. The van der Waals surface area contributed by atoms with Crippen LogP contribution in [0, 0.1) is 18.7 Å². The lowest BCUT2D eigenvalue weighted by molar-refractivity contribution is -0.116. The molecule has 1 fully saturated rings. The van der Waals surface area contributed by atoms with Gasteiger partial charge in [-0.3, -0.25) is 4.79 Å². The molecule has 2 aromatic carbocycles. The maximum absolute atomic E-state index is 14.4. The maximum Gasteiger partial charge on any atom is 0.224 e. The van der Waals surface area contributed by atoms with Gasteiger partial charge in [-0.15, -0.1) is 12.4 Å². The first-order chi connectivity index (χ1) is 13.0. The van der Waals surface area contributed by atoms with Crippen LogP contribution in [0.2, 0.25) is 0 Å². The molecule has 2 N–H and O–H groups in total. The van der Waals surface area contributed by atoms with Crippen molar-refractivity contribution < 1.29 is 18.7 Å². The number of nitrogens with one attached hydrogen (secondary N) is 2. The van der Waals surface area contributed by atoms with Gasteiger partial charge in [-0.25, -0.2) is 4.39 Å². The SMILES string of the molecule is COc1cc(C)ccc1Oc1ccc(NC(=O)CCC2CCNC2)cc1F.Cl. The Balaban J connectivity index is 0.00000280. The highest BCUT2D eigenvalue weighted by atomic mass is 35.5. The molecule has 152 valence electrons. The molecule has 5 nitrogen and oxygen atoms in total. The van der Waals surface area contributed by atoms with Gasteiger partial charge in [0.1, 0.15) is 0 Å². The third kappa shape index (κ3) is 5.84. The van der Waals surface area contributed by atoms with Crippen LogP contribution in [0.4, 0.5) is 10.1 Å². The predicted octanol–water partition coefficient (Wildman–Crippen LogP) is 4.69. The molecule has 0 spiro atoms. The number of aryl methyl sites for hydroxylation is 1. The van der Waals surface area contributed by atoms with E-state index in [1.165, 1.54) is 19.2 Å². The molecular weight excluding hydrogens is 383 g/mol. The molecule has 2 aromatic rings. The normalized spacial score (nSPS) is 15.6. The molecule has 3 rings (SSSR count). The number of amides is 1. The quantitative estimate of drug-likeness (QED) is 0.698. The standard InChI is InChI=1S/C21H25FN2O3.ClH/c1-14-3-6-19(20(11-14)26-2)27-18-7-5-16(12-17(18)22)24-21(25)8-4-15-9-10-23-13-15;/h3,5-7,11-12,15,23H,4,8-10,13H2,1-2H3,(H,24,25);1H.